The summed E-state index contributed by atoms with van der Waals surface area (Å²) in [6.07, 6.45) is 1.48. The van der Waals surface area contributed by atoms with E-state index in [0.717, 1.165) is 34.2 Å². The zero-order chi connectivity index (χ0) is 22.4. The van der Waals surface area contributed by atoms with Crippen LogP contribution in [0.15, 0.2) is 28.0 Å². The maximum Gasteiger partial charge on any atom is 0.343 e. The predicted octanol–water partition coefficient (Wildman–Crippen LogP) is 2.58. The Bertz CT molecular complexity index is 1470. The Balaban J connectivity index is 1.68. The Kier molecular flexibility index (Phi) is 3.81. The van der Waals surface area contributed by atoms with Gasteiger partial charge in [0.05, 0.1) is 29.0 Å². The van der Waals surface area contributed by atoms with Crippen molar-refractivity contribution in [2.24, 2.45) is 4.99 Å². The minimum Gasteiger partial charge on any atom is -0.458 e. The van der Waals surface area contributed by atoms with Gasteiger partial charge in [0.2, 0.25) is 0 Å². The molecule has 3 aliphatic rings. The number of fused-ring (bicyclic) bond motifs is 5. The van der Waals surface area contributed by atoms with Crippen molar-refractivity contribution in [2.75, 3.05) is 7.05 Å². The van der Waals surface area contributed by atoms with Gasteiger partial charge >= 0.3 is 5.97 Å². The second-order valence-electron chi connectivity index (χ2n) is 8.54. The van der Waals surface area contributed by atoms with Crippen LogP contribution >= 0.6 is 0 Å². The minimum atomic E-state index is -1.87. The van der Waals surface area contributed by atoms with E-state index in [9.17, 15) is 19.1 Å². The number of carbonyl (C=O) groups is 1. The van der Waals surface area contributed by atoms with Gasteiger partial charge in [0.15, 0.2) is 5.60 Å². The number of hydrogen-bond acceptors (Lipinski definition) is 6. The highest BCUT2D eigenvalue weighted by molar-refractivity contribution is 6.13. The maximum absolute atomic E-state index is 14.4. The van der Waals surface area contributed by atoms with E-state index in [1.807, 2.05) is 0 Å². The van der Waals surface area contributed by atoms with Crippen LogP contribution in [0, 0.1) is 5.82 Å². The second kappa shape index (κ2) is 6.32. The number of rotatable bonds is 1. The van der Waals surface area contributed by atoms with Gasteiger partial charge in [0, 0.05) is 40.9 Å². The molecule has 0 bridgehead atoms. The maximum atomic E-state index is 14.4. The first-order valence-corrected chi connectivity index (χ1v) is 10.7. The molecule has 1 aliphatic carbocycles. The molecule has 3 aromatic rings. The number of halogens is 1. The van der Waals surface area contributed by atoms with Crippen LogP contribution in [-0.4, -0.2) is 33.4 Å². The third kappa shape index (κ3) is 2.27. The topological polar surface area (TPSA) is 93.8 Å². The number of esters is 1. The van der Waals surface area contributed by atoms with Gasteiger partial charge < -0.3 is 14.4 Å². The number of hydrogen-bond donors (Lipinski definition) is 1. The molecule has 162 valence electrons. The lowest BCUT2D eigenvalue weighted by atomic mass is 9.85. The van der Waals surface area contributed by atoms with Gasteiger partial charge in [-0.25, -0.2) is 14.2 Å². The van der Waals surface area contributed by atoms with Gasteiger partial charge in [0.1, 0.15) is 12.4 Å². The van der Waals surface area contributed by atoms with Crippen LogP contribution in [0.5, 0.6) is 0 Å². The molecule has 0 saturated carbocycles. The number of aryl methyl sites for hydroxylation is 1. The summed E-state index contributed by atoms with van der Waals surface area (Å²) >= 11 is 0. The number of pyridine rings is 2. The van der Waals surface area contributed by atoms with Crippen molar-refractivity contribution >= 4 is 22.6 Å². The first-order valence-electron chi connectivity index (χ1n) is 10.7. The highest BCUT2D eigenvalue weighted by Crippen LogP contribution is 2.42. The molecule has 1 N–H and O–H groups in total. The van der Waals surface area contributed by atoms with Crippen molar-refractivity contribution in [1.29, 1.82) is 0 Å². The lowest BCUT2D eigenvalue weighted by molar-refractivity contribution is -0.172. The zero-order valence-electron chi connectivity index (χ0n) is 17.7. The predicted molar refractivity (Wildman–Crippen MR) is 115 cm³/mol. The third-order valence-electron chi connectivity index (χ3n) is 7.06. The zero-order valence-corrected chi connectivity index (χ0v) is 17.7. The number of cyclic esters (lactones) is 1. The molecule has 7 nitrogen and oxygen atoms in total. The SMILES string of the molecule is CC[C@@]1(O)C(=O)OCc2c1cc1n(c2=O)Cc2c-1nc1cc(F)cc3c1c2CCC3=NC. The molecule has 0 unspecified atom stereocenters. The molecule has 0 saturated heterocycles. The molecule has 2 aromatic heterocycles. The van der Waals surface area contributed by atoms with E-state index < -0.39 is 17.4 Å². The fraction of sp³-hybridized carbons (Fsp3) is 0.333. The molecule has 8 heteroatoms. The molecule has 2 aliphatic heterocycles. The molecule has 0 amide bonds. The average molecular weight is 433 g/mol. The van der Waals surface area contributed by atoms with Crippen LogP contribution in [0.3, 0.4) is 0 Å². The third-order valence-corrected chi connectivity index (χ3v) is 7.06. The van der Waals surface area contributed by atoms with Gasteiger partial charge in [-0.2, -0.15) is 0 Å². The summed E-state index contributed by atoms with van der Waals surface area (Å²) < 4.78 is 21.2. The van der Waals surface area contributed by atoms with Crippen LogP contribution in [0.25, 0.3) is 22.3 Å². The van der Waals surface area contributed by atoms with E-state index in [4.69, 9.17) is 9.72 Å². The number of aliphatic imine (C=N–C) groups is 1. The van der Waals surface area contributed by atoms with Crippen LogP contribution in [0.4, 0.5) is 4.39 Å². The number of ether oxygens (including phenoxy) is 1. The number of aliphatic hydroxyl groups is 1. The van der Waals surface area contributed by atoms with Crippen molar-refractivity contribution in [3.05, 3.63) is 62.2 Å². The lowest BCUT2D eigenvalue weighted by Gasteiger charge is -2.31. The monoisotopic (exact) mass is 433 g/mol. The molecule has 0 radical (unpaired) electrons. The molecule has 32 heavy (non-hydrogen) atoms. The number of nitrogens with zero attached hydrogens (tertiary/aromatic N) is 3. The Morgan fingerprint density at radius 2 is 2.03 bits per heavy atom. The smallest absolute Gasteiger partial charge is 0.343 e. The molecule has 6 rings (SSSR count). The average Bonchev–Trinajstić information content (AvgIpc) is 3.15. The Labute approximate surface area is 182 Å². The Hall–Kier alpha value is -3.39. The molecular formula is C24H20FN3O4. The normalized spacial score (nSPS) is 22.0. The molecule has 1 atom stereocenters. The summed E-state index contributed by atoms with van der Waals surface area (Å²) in [5.41, 5.74) is 3.59. The van der Waals surface area contributed by atoms with E-state index in [0.29, 0.717) is 29.9 Å². The van der Waals surface area contributed by atoms with E-state index in [1.54, 1.807) is 24.6 Å². The summed E-state index contributed by atoms with van der Waals surface area (Å²) in [4.78, 5) is 34.8. The van der Waals surface area contributed by atoms with Gasteiger partial charge in [-0.05, 0) is 37.0 Å². The highest BCUT2D eigenvalue weighted by atomic mass is 19.1. The largest absolute Gasteiger partial charge is 0.458 e. The van der Waals surface area contributed by atoms with Crippen molar-refractivity contribution in [3.8, 4) is 11.4 Å². The molecule has 0 fully saturated rings. The Morgan fingerprint density at radius 1 is 1.22 bits per heavy atom. The van der Waals surface area contributed by atoms with Crippen molar-refractivity contribution < 1.29 is 19.0 Å². The van der Waals surface area contributed by atoms with Crippen molar-refractivity contribution in [3.63, 3.8) is 0 Å². The minimum absolute atomic E-state index is 0.0820. The van der Waals surface area contributed by atoms with E-state index in [-0.39, 0.29) is 29.7 Å². The van der Waals surface area contributed by atoms with Crippen LogP contribution in [0.2, 0.25) is 0 Å². The van der Waals surface area contributed by atoms with Crippen LogP contribution < -0.4 is 5.56 Å². The summed E-state index contributed by atoms with van der Waals surface area (Å²) in [6.45, 7) is 1.84. The van der Waals surface area contributed by atoms with Crippen LogP contribution in [0.1, 0.15) is 47.6 Å². The van der Waals surface area contributed by atoms with Crippen molar-refractivity contribution in [2.45, 2.75) is 44.9 Å². The standard InChI is InChI=1S/C24H20FN3O4/c1-3-24(31)16-8-19-21-14(9-28(19)22(29)15(16)10-32-23(24)30)12-4-5-17(26-2)13-6-11(25)7-18(27-21)20(12)13/h6-8,31H,3-5,9-10H2,1-2H3/t24-/m0/s1. The molecule has 1 aromatic carbocycles. The fourth-order valence-electron chi connectivity index (χ4n) is 5.39. The summed E-state index contributed by atoms with van der Waals surface area (Å²) in [6, 6.07) is 4.58. The molecule has 4 heterocycles. The van der Waals surface area contributed by atoms with E-state index in [1.165, 1.54) is 12.1 Å². The van der Waals surface area contributed by atoms with Gasteiger partial charge in [-0.15, -0.1) is 0 Å². The highest BCUT2D eigenvalue weighted by Gasteiger charge is 2.45. The quantitative estimate of drug-likeness (QED) is 0.466. The first-order chi connectivity index (χ1) is 15.4. The fourth-order valence-corrected chi connectivity index (χ4v) is 5.39. The summed E-state index contributed by atoms with van der Waals surface area (Å²) in [5, 5.41) is 11.9. The molecule has 0 spiro atoms. The van der Waals surface area contributed by atoms with E-state index in [2.05, 4.69) is 4.99 Å². The number of carbonyl (C=O) groups excluding carboxylic acids is 1. The summed E-state index contributed by atoms with van der Waals surface area (Å²) in [5.74, 6) is -1.15. The number of aromatic nitrogens is 2. The molecular weight excluding hydrogens is 413 g/mol. The van der Waals surface area contributed by atoms with Gasteiger partial charge in [0.25, 0.3) is 5.56 Å². The first kappa shape index (κ1) is 19.3. The van der Waals surface area contributed by atoms with Gasteiger partial charge in [-0.3, -0.25) is 9.79 Å². The Morgan fingerprint density at radius 3 is 2.78 bits per heavy atom. The second-order valence-corrected chi connectivity index (χ2v) is 8.54. The lowest BCUT2D eigenvalue weighted by Crippen LogP contribution is -2.44. The van der Waals surface area contributed by atoms with E-state index >= 15 is 0 Å². The van der Waals surface area contributed by atoms with Gasteiger partial charge in [-0.1, -0.05) is 6.92 Å². The summed E-state index contributed by atoms with van der Waals surface area (Å²) in [7, 11) is 1.70. The van der Waals surface area contributed by atoms with Crippen molar-refractivity contribution in [1.82, 2.24) is 9.55 Å². The van der Waals surface area contributed by atoms with Crippen LogP contribution in [-0.2, 0) is 34.7 Å². The number of benzene rings is 1.